The highest BCUT2D eigenvalue weighted by molar-refractivity contribution is 5.13. The zero-order chi connectivity index (χ0) is 22.0. The molecule has 0 spiro atoms. The highest BCUT2D eigenvalue weighted by Gasteiger charge is 2.37. The van der Waals surface area contributed by atoms with Crippen LogP contribution in [0.15, 0.2) is 36.4 Å². The molecule has 4 atom stereocenters. The summed E-state index contributed by atoms with van der Waals surface area (Å²) in [6, 6.07) is 0.786. The van der Waals surface area contributed by atoms with E-state index in [-0.39, 0.29) is 28.6 Å². The van der Waals surface area contributed by atoms with Crippen molar-refractivity contribution in [2.75, 3.05) is 13.1 Å². The van der Waals surface area contributed by atoms with Gasteiger partial charge in [0, 0.05) is 48.7 Å². The molecule has 170 valence electrons. The van der Waals surface area contributed by atoms with E-state index in [1.807, 2.05) is 12.4 Å². The summed E-state index contributed by atoms with van der Waals surface area (Å²) >= 11 is 0. The first-order valence-electron chi connectivity index (χ1n) is 11.5. The molecule has 6 N–H and O–H groups in total. The molecule has 3 aliphatic rings. The van der Waals surface area contributed by atoms with Crippen LogP contribution in [0, 0.1) is 16.2 Å². The molecular formula is C24H44N6. The summed E-state index contributed by atoms with van der Waals surface area (Å²) in [5, 5.41) is 21.7. The SMILES string of the molecule is CC(C)(C)C1NC=CC(CC(C)(C)C2NCC=C(CC(C)(C)C3CNC=CN3)N2)N1. The Morgan fingerprint density at radius 2 is 1.67 bits per heavy atom. The first kappa shape index (κ1) is 23.0. The van der Waals surface area contributed by atoms with Crippen LogP contribution in [0.4, 0.5) is 0 Å². The van der Waals surface area contributed by atoms with Crippen LogP contribution >= 0.6 is 0 Å². The molecule has 3 heterocycles. The molecule has 4 unspecified atom stereocenters. The van der Waals surface area contributed by atoms with Gasteiger partial charge in [0.25, 0.3) is 0 Å². The van der Waals surface area contributed by atoms with E-state index in [1.54, 1.807) is 0 Å². The number of hydrogen-bond donors (Lipinski definition) is 6. The van der Waals surface area contributed by atoms with Crippen molar-refractivity contribution >= 4 is 0 Å². The maximum Gasteiger partial charge on any atom is 0.0820 e. The van der Waals surface area contributed by atoms with E-state index in [4.69, 9.17) is 0 Å². The van der Waals surface area contributed by atoms with Gasteiger partial charge < -0.3 is 21.3 Å². The maximum atomic E-state index is 3.84. The smallest absolute Gasteiger partial charge is 0.0820 e. The van der Waals surface area contributed by atoms with Crippen LogP contribution in [0.5, 0.6) is 0 Å². The van der Waals surface area contributed by atoms with Gasteiger partial charge in [0.1, 0.15) is 0 Å². The third kappa shape index (κ3) is 5.73. The lowest BCUT2D eigenvalue weighted by atomic mass is 9.77. The second-order valence-corrected chi connectivity index (χ2v) is 11.6. The van der Waals surface area contributed by atoms with E-state index in [2.05, 4.69) is 98.7 Å². The number of rotatable bonds is 6. The lowest BCUT2D eigenvalue weighted by molar-refractivity contribution is 0.151. The van der Waals surface area contributed by atoms with Crippen LogP contribution in [-0.2, 0) is 0 Å². The van der Waals surface area contributed by atoms with E-state index in [0.29, 0.717) is 12.1 Å². The second-order valence-electron chi connectivity index (χ2n) is 11.6. The summed E-state index contributed by atoms with van der Waals surface area (Å²) in [4.78, 5) is 0. The minimum atomic E-state index is 0.0960. The van der Waals surface area contributed by atoms with Gasteiger partial charge in [0.05, 0.1) is 12.3 Å². The van der Waals surface area contributed by atoms with Crippen molar-refractivity contribution in [1.29, 1.82) is 0 Å². The molecule has 0 aromatic rings. The Labute approximate surface area is 183 Å². The molecule has 6 heteroatoms. The second kappa shape index (κ2) is 8.83. The van der Waals surface area contributed by atoms with Gasteiger partial charge in [-0.3, -0.25) is 10.6 Å². The van der Waals surface area contributed by atoms with Gasteiger partial charge in [0.15, 0.2) is 0 Å². The molecular weight excluding hydrogens is 372 g/mol. The molecule has 0 saturated carbocycles. The zero-order valence-corrected chi connectivity index (χ0v) is 20.0. The van der Waals surface area contributed by atoms with Crippen molar-refractivity contribution < 1.29 is 0 Å². The molecule has 3 aliphatic heterocycles. The third-order valence-corrected chi connectivity index (χ3v) is 6.78. The van der Waals surface area contributed by atoms with E-state index in [0.717, 1.165) is 25.9 Å². The van der Waals surface area contributed by atoms with Crippen LogP contribution in [0.3, 0.4) is 0 Å². The molecule has 0 fully saturated rings. The largest absolute Gasteiger partial charge is 0.388 e. The molecule has 0 amide bonds. The van der Waals surface area contributed by atoms with Crippen molar-refractivity contribution in [1.82, 2.24) is 31.9 Å². The molecule has 0 bridgehead atoms. The van der Waals surface area contributed by atoms with Gasteiger partial charge >= 0.3 is 0 Å². The van der Waals surface area contributed by atoms with E-state index in [1.165, 1.54) is 5.70 Å². The lowest BCUT2D eigenvalue weighted by Gasteiger charge is -2.44. The van der Waals surface area contributed by atoms with Crippen LogP contribution in [0.25, 0.3) is 0 Å². The fourth-order valence-electron chi connectivity index (χ4n) is 4.67. The number of hydrogen-bond acceptors (Lipinski definition) is 6. The molecule has 0 aliphatic carbocycles. The summed E-state index contributed by atoms with van der Waals surface area (Å²) in [5.41, 5.74) is 1.78. The Morgan fingerprint density at radius 3 is 2.33 bits per heavy atom. The fraction of sp³-hybridized carbons (Fsp3) is 0.750. The predicted molar refractivity (Wildman–Crippen MR) is 126 cm³/mol. The Balaban J connectivity index is 1.59. The maximum absolute atomic E-state index is 3.84. The molecule has 30 heavy (non-hydrogen) atoms. The first-order valence-corrected chi connectivity index (χ1v) is 11.5. The van der Waals surface area contributed by atoms with E-state index < -0.39 is 0 Å². The molecule has 0 saturated heterocycles. The van der Waals surface area contributed by atoms with Crippen LogP contribution in [0.1, 0.15) is 61.3 Å². The molecule has 0 aromatic heterocycles. The summed E-state index contributed by atoms with van der Waals surface area (Å²) in [6.45, 7) is 18.1. The highest BCUT2D eigenvalue weighted by atomic mass is 15.2. The average Bonchev–Trinajstić information content (AvgIpc) is 2.68. The van der Waals surface area contributed by atoms with E-state index in [9.17, 15) is 0 Å². The number of allylic oxidation sites excluding steroid dienone is 1. The van der Waals surface area contributed by atoms with Gasteiger partial charge in [-0.25, -0.2) is 0 Å². The van der Waals surface area contributed by atoms with E-state index >= 15 is 0 Å². The van der Waals surface area contributed by atoms with Gasteiger partial charge in [0.2, 0.25) is 0 Å². The Bertz CT molecular complexity index is 670. The van der Waals surface area contributed by atoms with Gasteiger partial charge in [-0.1, -0.05) is 60.6 Å². The van der Waals surface area contributed by atoms with Crippen LogP contribution in [0.2, 0.25) is 0 Å². The fourth-order valence-corrected chi connectivity index (χ4v) is 4.67. The minimum absolute atomic E-state index is 0.0960. The molecule has 0 aromatic carbocycles. The molecule has 3 rings (SSSR count). The summed E-state index contributed by atoms with van der Waals surface area (Å²) in [5.74, 6) is 0. The van der Waals surface area contributed by atoms with Crippen molar-refractivity contribution in [3.05, 3.63) is 36.4 Å². The molecule has 6 nitrogen and oxygen atoms in total. The van der Waals surface area contributed by atoms with Crippen molar-refractivity contribution in [3.63, 3.8) is 0 Å². The zero-order valence-electron chi connectivity index (χ0n) is 20.0. The van der Waals surface area contributed by atoms with Crippen molar-refractivity contribution in [2.24, 2.45) is 16.2 Å². The third-order valence-electron chi connectivity index (χ3n) is 6.78. The molecule has 0 radical (unpaired) electrons. The normalized spacial score (nSPS) is 29.9. The summed E-state index contributed by atoms with van der Waals surface area (Å²) in [6.07, 6.45) is 13.4. The monoisotopic (exact) mass is 416 g/mol. The Hall–Kier alpha value is -1.66. The minimum Gasteiger partial charge on any atom is -0.388 e. The summed E-state index contributed by atoms with van der Waals surface area (Å²) < 4.78 is 0. The first-order chi connectivity index (χ1) is 14.0. The summed E-state index contributed by atoms with van der Waals surface area (Å²) in [7, 11) is 0. The van der Waals surface area contributed by atoms with Crippen molar-refractivity contribution in [2.45, 2.75) is 85.7 Å². The highest BCUT2D eigenvalue weighted by Crippen LogP contribution is 2.33. The average molecular weight is 417 g/mol. The van der Waals surface area contributed by atoms with Gasteiger partial charge in [-0.05, 0) is 29.9 Å². The Kier molecular flexibility index (Phi) is 6.78. The van der Waals surface area contributed by atoms with Gasteiger partial charge in [-0.15, -0.1) is 0 Å². The topological polar surface area (TPSA) is 72.2 Å². The Morgan fingerprint density at radius 1 is 0.900 bits per heavy atom. The quantitative estimate of drug-likeness (QED) is 0.400. The van der Waals surface area contributed by atoms with Gasteiger partial charge in [-0.2, -0.15) is 0 Å². The van der Waals surface area contributed by atoms with Crippen LogP contribution < -0.4 is 31.9 Å². The lowest BCUT2D eigenvalue weighted by Crippen LogP contribution is -2.59. The van der Waals surface area contributed by atoms with Crippen LogP contribution in [-0.4, -0.2) is 37.5 Å². The van der Waals surface area contributed by atoms with Crippen molar-refractivity contribution in [3.8, 4) is 0 Å². The predicted octanol–water partition coefficient (Wildman–Crippen LogP) is 2.70. The standard InChI is InChI=1S/C24H44N6/c1-22(2,3)20-27-10-8-18(29-20)15-24(6,7)21-28-11-9-17(30-21)14-23(4,5)19-16-25-12-13-26-19/h8-10,12-13,18-21,25-30H,11,14-16H2,1-7H3. The number of nitrogens with one attached hydrogen (secondary N) is 6.